The van der Waals surface area contributed by atoms with Crippen LogP contribution in [0, 0.1) is 19.7 Å². The van der Waals surface area contributed by atoms with Gasteiger partial charge in [-0.1, -0.05) is 18.2 Å². The van der Waals surface area contributed by atoms with Crippen LogP contribution in [0.2, 0.25) is 0 Å². The van der Waals surface area contributed by atoms with E-state index in [1.54, 1.807) is 18.2 Å². The number of para-hydroxylation sites is 1. The van der Waals surface area contributed by atoms with E-state index in [4.69, 9.17) is 10.5 Å². The summed E-state index contributed by atoms with van der Waals surface area (Å²) in [6.45, 7) is 4.39. The molecule has 0 radical (unpaired) electrons. The molecular weight excluding hydrogens is 229 g/mol. The van der Waals surface area contributed by atoms with E-state index < -0.39 is 0 Å². The molecule has 0 atom stereocenters. The number of nitrogens with two attached hydrogens (primary N) is 1. The van der Waals surface area contributed by atoms with Crippen LogP contribution in [0.1, 0.15) is 16.7 Å². The quantitative estimate of drug-likeness (QED) is 0.895. The van der Waals surface area contributed by atoms with Crippen molar-refractivity contribution in [1.82, 2.24) is 0 Å². The van der Waals surface area contributed by atoms with Crippen LogP contribution in [0.25, 0.3) is 0 Å². The lowest BCUT2D eigenvalue weighted by Gasteiger charge is -2.12. The van der Waals surface area contributed by atoms with Gasteiger partial charge in [0.2, 0.25) is 0 Å². The van der Waals surface area contributed by atoms with Crippen LogP contribution < -0.4 is 10.5 Å². The molecule has 0 unspecified atom stereocenters. The molecule has 94 valence electrons. The first-order valence-corrected chi connectivity index (χ1v) is 5.84. The first kappa shape index (κ1) is 12.6. The summed E-state index contributed by atoms with van der Waals surface area (Å²) in [7, 11) is 0. The van der Waals surface area contributed by atoms with Crippen molar-refractivity contribution in [3.05, 3.63) is 58.9 Å². The molecule has 0 fully saturated rings. The van der Waals surface area contributed by atoms with Crippen molar-refractivity contribution >= 4 is 0 Å². The highest BCUT2D eigenvalue weighted by Gasteiger charge is 2.08. The van der Waals surface area contributed by atoms with Gasteiger partial charge in [-0.15, -0.1) is 0 Å². The van der Waals surface area contributed by atoms with Gasteiger partial charge >= 0.3 is 0 Å². The van der Waals surface area contributed by atoms with Crippen molar-refractivity contribution in [2.45, 2.75) is 20.4 Å². The lowest BCUT2D eigenvalue weighted by atomic mass is 10.0. The zero-order valence-corrected chi connectivity index (χ0v) is 10.5. The lowest BCUT2D eigenvalue weighted by molar-refractivity contribution is 0.439. The number of hydrogen-bond acceptors (Lipinski definition) is 2. The molecule has 0 aliphatic carbocycles. The zero-order chi connectivity index (χ0) is 13.1. The average molecular weight is 245 g/mol. The molecule has 0 aliphatic heterocycles. The maximum atomic E-state index is 13.5. The van der Waals surface area contributed by atoms with E-state index in [2.05, 4.69) is 0 Å². The molecule has 0 spiro atoms. The van der Waals surface area contributed by atoms with Crippen molar-refractivity contribution in [1.29, 1.82) is 0 Å². The van der Waals surface area contributed by atoms with E-state index in [-0.39, 0.29) is 11.6 Å². The van der Waals surface area contributed by atoms with Crippen LogP contribution in [0.4, 0.5) is 4.39 Å². The fourth-order valence-electron chi connectivity index (χ4n) is 1.83. The van der Waals surface area contributed by atoms with Gasteiger partial charge in [0.15, 0.2) is 11.6 Å². The Morgan fingerprint density at radius 3 is 2.44 bits per heavy atom. The largest absolute Gasteiger partial charge is 0.454 e. The van der Waals surface area contributed by atoms with E-state index in [1.807, 2.05) is 26.0 Å². The summed E-state index contributed by atoms with van der Waals surface area (Å²) in [5.74, 6) is 0.535. The van der Waals surface area contributed by atoms with Crippen LogP contribution in [-0.2, 0) is 6.54 Å². The Hall–Kier alpha value is -1.87. The van der Waals surface area contributed by atoms with Crippen LogP contribution in [0.5, 0.6) is 11.5 Å². The van der Waals surface area contributed by atoms with Crippen LogP contribution >= 0.6 is 0 Å². The summed E-state index contributed by atoms with van der Waals surface area (Å²) in [6.07, 6.45) is 0. The van der Waals surface area contributed by atoms with Gasteiger partial charge in [-0.25, -0.2) is 4.39 Å². The van der Waals surface area contributed by atoms with Gasteiger partial charge in [-0.05, 0) is 48.7 Å². The number of ether oxygens (including phenoxy) is 1. The second kappa shape index (κ2) is 5.19. The number of hydrogen-bond donors (Lipinski definition) is 1. The van der Waals surface area contributed by atoms with Gasteiger partial charge in [0, 0.05) is 6.54 Å². The van der Waals surface area contributed by atoms with Crippen molar-refractivity contribution in [3.8, 4) is 11.5 Å². The zero-order valence-electron chi connectivity index (χ0n) is 10.5. The highest BCUT2D eigenvalue weighted by atomic mass is 19.1. The standard InChI is InChI=1S/C15H16FNO/c1-10-8-15(11(2)7-12(10)9-17)18-14-6-4-3-5-13(14)16/h3-8H,9,17H2,1-2H3. The molecule has 0 bridgehead atoms. The summed E-state index contributed by atoms with van der Waals surface area (Å²) >= 11 is 0. The van der Waals surface area contributed by atoms with E-state index >= 15 is 0 Å². The second-order valence-corrected chi connectivity index (χ2v) is 4.28. The third-order valence-electron chi connectivity index (χ3n) is 2.91. The summed E-state index contributed by atoms with van der Waals surface area (Å²) in [6, 6.07) is 10.2. The summed E-state index contributed by atoms with van der Waals surface area (Å²) in [5.41, 5.74) is 8.72. The molecule has 0 amide bonds. The normalized spacial score (nSPS) is 10.4. The first-order valence-electron chi connectivity index (χ1n) is 5.84. The molecule has 0 saturated carbocycles. The molecular formula is C15H16FNO. The Bertz CT molecular complexity index is 566. The monoisotopic (exact) mass is 245 g/mol. The number of aryl methyl sites for hydroxylation is 2. The minimum atomic E-state index is -0.363. The minimum Gasteiger partial charge on any atom is -0.454 e. The maximum Gasteiger partial charge on any atom is 0.165 e. The Morgan fingerprint density at radius 2 is 1.78 bits per heavy atom. The van der Waals surface area contributed by atoms with Crippen LogP contribution in [-0.4, -0.2) is 0 Å². The first-order chi connectivity index (χ1) is 8.61. The van der Waals surface area contributed by atoms with Gasteiger partial charge in [0.25, 0.3) is 0 Å². The molecule has 2 aromatic carbocycles. The van der Waals surface area contributed by atoms with Gasteiger partial charge in [-0.2, -0.15) is 0 Å². The average Bonchev–Trinajstić information content (AvgIpc) is 2.36. The molecule has 2 rings (SSSR count). The number of rotatable bonds is 3. The summed E-state index contributed by atoms with van der Waals surface area (Å²) in [4.78, 5) is 0. The third-order valence-corrected chi connectivity index (χ3v) is 2.91. The maximum absolute atomic E-state index is 13.5. The third kappa shape index (κ3) is 2.51. The Morgan fingerprint density at radius 1 is 1.06 bits per heavy atom. The molecule has 18 heavy (non-hydrogen) atoms. The summed E-state index contributed by atoms with van der Waals surface area (Å²) in [5, 5.41) is 0. The Labute approximate surface area is 106 Å². The fourth-order valence-corrected chi connectivity index (χ4v) is 1.83. The van der Waals surface area contributed by atoms with E-state index in [0.29, 0.717) is 12.3 Å². The molecule has 0 saturated heterocycles. The predicted molar refractivity (Wildman–Crippen MR) is 70.3 cm³/mol. The number of benzene rings is 2. The topological polar surface area (TPSA) is 35.2 Å². The van der Waals surface area contributed by atoms with Crippen LogP contribution in [0.15, 0.2) is 36.4 Å². The molecule has 2 aromatic rings. The Balaban J connectivity index is 2.35. The molecule has 2 nitrogen and oxygen atoms in total. The van der Waals surface area contributed by atoms with E-state index in [1.165, 1.54) is 6.07 Å². The molecule has 2 N–H and O–H groups in total. The molecule has 3 heteroatoms. The van der Waals surface area contributed by atoms with Crippen molar-refractivity contribution < 1.29 is 9.13 Å². The van der Waals surface area contributed by atoms with E-state index in [9.17, 15) is 4.39 Å². The highest BCUT2D eigenvalue weighted by molar-refractivity contribution is 5.44. The van der Waals surface area contributed by atoms with Crippen molar-refractivity contribution in [2.24, 2.45) is 5.73 Å². The Kier molecular flexibility index (Phi) is 3.63. The molecule has 0 heterocycles. The minimum absolute atomic E-state index is 0.237. The smallest absolute Gasteiger partial charge is 0.165 e. The van der Waals surface area contributed by atoms with Gasteiger partial charge < -0.3 is 10.5 Å². The second-order valence-electron chi connectivity index (χ2n) is 4.28. The van der Waals surface area contributed by atoms with Gasteiger partial charge in [0.05, 0.1) is 0 Å². The fraction of sp³-hybridized carbons (Fsp3) is 0.200. The van der Waals surface area contributed by atoms with Gasteiger partial charge in [0.1, 0.15) is 5.75 Å². The van der Waals surface area contributed by atoms with E-state index in [0.717, 1.165) is 16.7 Å². The SMILES string of the molecule is Cc1cc(Oc2ccccc2F)c(C)cc1CN. The number of halogens is 1. The molecule has 0 aromatic heterocycles. The van der Waals surface area contributed by atoms with Crippen molar-refractivity contribution in [3.63, 3.8) is 0 Å². The predicted octanol–water partition coefficient (Wildman–Crippen LogP) is 3.69. The van der Waals surface area contributed by atoms with Gasteiger partial charge in [-0.3, -0.25) is 0 Å². The van der Waals surface area contributed by atoms with Crippen LogP contribution in [0.3, 0.4) is 0 Å². The summed E-state index contributed by atoms with van der Waals surface area (Å²) < 4.78 is 19.1. The highest BCUT2D eigenvalue weighted by Crippen LogP contribution is 2.29. The lowest BCUT2D eigenvalue weighted by Crippen LogP contribution is -2.01. The molecule has 0 aliphatic rings. The van der Waals surface area contributed by atoms with Crippen molar-refractivity contribution in [2.75, 3.05) is 0 Å².